The fraction of sp³-hybridized carbons (Fsp3) is 0.846. The number of rotatable bonds is 11. The molecule has 0 aromatic rings. The molecule has 0 heterocycles. The molecule has 17 heavy (non-hydrogen) atoms. The Morgan fingerprint density at radius 1 is 1.00 bits per heavy atom. The molecule has 98 valence electrons. The molecule has 0 radical (unpaired) electrons. The Labute approximate surface area is 103 Å². The normalized spacial score (nSPS) is 9.71. The first-order valence-electron chi connectivity index (χ1n) is 6.41. The van der Waals surface area contributed by atoms with Crippen molar-refractivity contribution in [2.75, 3.05) is 13.7 Å². The maximum absolute atomic E-state index is 10.8. The van der Waals surface area contributed by atoms with E-state index in [0.29, 0.717) is 13.0 Å². The van der Waals surface area contributed by atoms with Crippen LogP contribution in [0.3, 0.4) is 0 Å². The van der Waals surface area contributed by atoms with Crippen LogP contribution in [0.5, 0.6) is 0 Å². The lowest BCUT2D eigenvalue weighted by atomic mass is 10.1. The number of hydrogen-bond acceptors (Lipinski definition) is 4. The lowest BCUT2D eigenvalue weighted by Gasteiger charge is -2.01. The van der Waals surface area contributed by atoms with Crippen LogP contribution in [0.25, 0.3) is 0 Å². The fourth-order valence-electron chi connectivity index (χ4n) is 1.67. The third-order valence-corrected chi connectivity index (χ3v) is 2.69. The number of methoxy groups -OCH3 is 1. The minimum Gasteiger partial charge on any atom is -0.469 e. The predicted octanol–water partition coefficient (Wildman–Crippen LogP) is 3.01. The lowest BCUT2D eigenvalue weighted by molar-refractivity contribution is -0.140. The molecule has 0 saturated carbocycles. The van der Waals surface area contributed by atoms with Gasteiger partial charge in [0.05, 0.1) is 13.7 Å². The van der Waals surface area contributed by atoms with Crippen molar-refractivity contribution in [3.8, 4) is 0 Å². The van der Waals surface area contributed by atoms with Crippen LogP contribution in [0, 0.1) is 0 Å². The SMILES string of the molecule is COC(=O)CCCCCCCCCCN=C=O. The third kappa shape index (κ3) is 12.8. The zero-order chi connectivity index (χ0) is 12.8. The highest BCUT2D eigenvalue weighted by Gasteiger charge is 1.98. The summed E-state index contributed by atoms with van der Waals surface area (Å²) in [4.78, 5) is 24.1. The molecule has 0 aliphatic carbocycles. The molecule has 0 unspecified atom stereocenters. The molecule has 4 heteroatoms. The average Bonchev–Trinajstić information content (AvgIpc) is 2.35. The van der Waals surface area contributed by atoms with E-state index in [1.165, 1.54) is 32.8 Å². The van der Waals surface area contributed by atoms with Crippen molar-refractivity contribution < 1.29 is 14.3 Å². The Bertz CT molecular complexity index is 235. The molecule has 0 aliphatic heterocycles. The van der Waals surface area contributed by atoms with E-state index >= 15 is 0 Å². The largest absolute Gasteiger partial charge is 0.469 e. The van der Waals surface area contributed by atoms with Crippen molar-refractivity contribution in [2.45, 2.75) is 57.8 Å². The van der Waals surface area contributed by atoms with Crippen LogP contribution in [0.2, 0.25) is 0 Å². The summed E-state index contributed by atoms with van der Waals surface area (Å²) in [5.41, 5.74) is 0. The van der Waals surface area contributed by atoms with Gasteiger partial charge < -0.3 is 4.74 Å². The second kappa shape index (κ2) is 12.9. The summed E-state index contributed by atoms with van der Waals surface area (Å²) in [6, 6.07) is 0. The molecule has 0 bridgehead atoms. The van der Waals surface area contributed by atoms with E-state index in [1.54, 1.807) is 6.08 Å². The Kier molecular flexibility index (Phi) is 12.0. The summed E-state index contributed by atoms with van der Waals surface area (Å²) in [5, 5.41) is 0. The second-order valence-electron chi connectivity index (χ2n) is 4.13. The summed E-state index contributed by atoms with van der Waals surface area (Å²) >= 11 is 0. The highest BCUT2D eigenvalue weighted by Crippen LogP contribution is 2.09. The molecule has 0 aromatic carbocycles. The maximum atomic E-state index is 10.8. The van der Waals surface area contributed by atoms with Gasteiger partial charge in [-0.05, 0) is 12.8 Å². The highest BCUT2D eigenvalue weighted by molar-refractivity contribution is 5.68. The van der Waals surface area contributed by atoms with Gasteiger partial charge in [-0.1, -0.05) is 38.5 Å². The van der Waals surface area contributed by atoms with Gasteiger partial charge >= 0.3 is 5.97 Å². The Morgan fingerprint density at radius 2 is 1.53 bits per heavy atom. The van der Waals surface area contributed by atoms with Crippen molar-refractivity contribution >= 4 is 12.0 Å². The van der Waals surface area contributed by atoms with Gasteiger partial charge in [0, 0.05) is 6.42 Å². The van der Waals surface area contributed by atoms with Gasteiger partial charge in [-0.25, -0.2) is 9.79 Å². The van der Waals surface area contributed by atoms with E-state index in [9.17, 15) is 9.59 Å². The number of aliphatic imine (C=N–C) groups is 1. The van der Waals surface area contributed by atoms with Crippen LogP contribution in [-0.4, -0.2) is 25.7 Å². The summed E-state index contributed by atoms with van der Waals surface area (Å²) in [7, 11) is 1.43. The van der Waals surface area contributed by atoms with Crippen molar-refractivity contribution in [3.63, 3.8) is 0 Å². The van der Waals surface area contributed by atoms with Crippen LogP contribution in [-0.2, 0) is 14.3 Å². The van der Waals surface area contributed by atoms with Gasteiger partial charge in [0.2, 0.25) is 6.08 Å². The van der Waals surface area contributed by atoms with Crippen LogP contribution < -0.4 is 0 Å². The number of unbranched alkanes of at least 4 members (excludes halogenated alkanes) is 7. The number of isocyanates is 1. The van der Waals surface area contributed by atoms with Crippen LogP contribution in [0.15, 0.2) is 4.99 Å². The quantitative estimate of drug-likeness (QED) is 0.242. The minimum atomic E-state index is -0.110. The van der Waals surface area contributed by atoms with Gasteiger partial charge in [-0.3, -0.25) is 4.79 Å². The predicted molar refractivity (Wildman–Crippen MR) is 66.6 cm³/mol. The zero-order valence-corrected chi connectivity index (χ0v) is 10.7. The molecule has 0 saturated heterocycles. The average molecular weight is 241 g/mol. The van der Waals surface area contributed by atoms with E-state index in [2.05, 4.69) is 9.73 Å². The van der Waals surface area contributed by atoms with Crippen LogP contribution >= 0.6 is 0 Å². The van der Waals surface area contributed by atoms with E-state index in [1.807, 2.05) is 0 Å². The van der Waals surface area contributed by atoms with Crippen molar-refractivity contribution in [1.82, 2.24) is 0 Å². The highest BCUT2D eigenvalue weighted by atomic mass is 16.5. The smallest absolute Gasteiger partial charge is 0.305 e. The van der Waals surface area contributed by atoms with E-state index < -0.39 is 0 Å². The minimum absolute atomic E-state index is 0.110. The molecule has 0 amide bonds. The second-order valence-corrected chi connectivity index (χ2v) is 4.13. The zero-order valence-electron chi connectivity index (χ0n) is 10.7. The van der Waals surface area contributed by atoms with E-state index in [0.717, 1.165) is 25.7 Å². The standard InChI is InChI=1S/C13H23NO3/c1-17-13(16)10-8-6-4-2-3-5-7-9-11-14-12-15/h2-11H2,1H3. The van der Waals surface area contributed by atoms with Crippen LogP contribution in [0.1, 0.15) is 57.8 Å². The Morgan fingerprint density at radius 3 is 2.06 bits per heavy atom. The van der Waals surface area contributed by atoms with Gasteiger partial charge in [0.25, 0.3) is 0 Å². The Balaban J connectivity index is 3.03. The number of carbonyl (C=O) groups excluding carboxylic acids is 2. The summed E-state index contributed by atoms with van der Waals surface area (Å²) in [6.45, 7) is 0.614. The molecule has 0 N–H and O–H groups in total. The first-order valence-corrected chi connectivity index (χ1v) is 6.41. The fourth-order valence-corrected chi connectivity index (χ4v) is 1.67. The third-order valence-electron chi connectivity index (χ3n) is 2.69. The number of esters is 1. The topological polar surface area (TPSA) is 55.7 Å². The molecule has 0 atom stereocenters. The first kappa shape index (κ1) is 15.9. The molecule has 4 nitrogen and oxygen atoms in total. The van der Waals surface area contributed by atoms with Gasteiger partial charge in [0.1, 0.15) is 0 Å². The summed E-state index contributed by atoms with van der Waals surface area (Å²) in [6.07, 6.45) is 11.1. The van der Waals surface area contributed by atoms with Gasteiger partial charge in [-0.15, -0.1) is 0 Å². The monoisotopic (exact) mass is 241 g/mol. The summed E-state index contributed by atoms with van der Waals surface area (Å²) in [5.74, 6) is -0.110. The van der Waals surface area contributed by atoms with Crippen molar-refractivity contribution in [3.05, 3.63) is 0 Å². The maximum Gasteiger partial charge on any atom is 0.305 e. The molecule has 0 spiro atoms. The molecule has 0 fully saturated rings. The molecular formula is C13H23NO3. The summed E-state index contributed by atoms with van der Waals surface area (Å²) < 4.78 is 4.57. The van der Waals surface area contributed by atoms with Crippen molar-refractivity contribution in [2.24, 2.45) is 4.99 Å². The molecule has 0 aliphatic rings. The molecule has 0 rings (SSSR count). The number of carbonyl (C=O) groups is 1. The lowest BCUT2D eigenvalue weighted by Crippen LogP contribution is -1.99. The number of nitrogens with zero attached hydrogens (tertiary/aromatic N) is 1. The van der Waals surface area contributed by atoms with E-state index in [4.69, 9.17) is 0 Å². The number of hydrogen-bond donors (Lipinski definition) is 0. The van der Waals surface area contributed by atoms with Gasteiger partial charge in [0.15, 0.2) is 0 Å². The van der Waals surface area contributed by atoms with E-state index in [-0.39, 0.29) is 5.97 Å². The first-order chi connectivity index (χ1) is 8.31. The van der Waals surface area contributed by atoms with Crippen molar-refractivity contribution in [1.29, 1.82) is 0 Å². The van der Waals surface area contributed by atoms with Crippen LogP contribution in [0.4, 0.5) is 0 Å². The molecular weight excluding hydrogens is 218 g/mol. The van der Waals surface area contributed by atoms with Gasteiger partial charge in [-0.2, -0.15) is 0 Å². The Hall–Kier alpha value is -1.15. The number of ether oxygens (including phenoxy) is 1. The molecule has 0 aromatic heterocycles.